The molecule has 5 nitrogen and oxygen atoms in total. The summed E-state index contributed by atoms with van der Waals surface area (Å²) in [5.41, 5.74) is 1.72. The van der Waals surface area contributed by atoms with E-state index in [1.54, 1.807) is 7.05 Å². The van der Waals surface area contributed by atoms with E-state index in [1.807, 2.05) is 32.0 Å². The van der Waals surface area contributed by atoms with E-state index in [9.17, 15) is 4.79 Å². The first-order valence-electron chi connectivity index (χ1n) is 5.97. The average molecular weight is 252 g/mol. The molecule has 1 aromatic rings. The summed E-state index contributed by atoms with van der Waals surface area (Å²) in [6.07, 6.45) is 0.846. The third-order valence-electron chi connectivity index (χ3n) is 2.57. The minimum atomic E-state index is -0.341. The van der Waals surface area contributed by atoms with Gasteiger partial charge in [-0.15, -0.1) is 0 Å². The Morgan fingerprint density at radius 1 is 1.39 bits per heavy atom. The van der Waals surface area contributed by atoms with E-state index in [-0.39, 0.29) is 6.03 Å². The van der Waals surface area contributed by atoms with Crippen molar-refractivity contribution >= 4 is 11.7 Å². The van der Waals surface area contributed by atoms with Crippen molar-refractivity contribution in [2.75, 3.05) is 26.1 Å². The third kappa shape index (κ3) is 3.37. The third-order valence-corrected chi connectivity index (χ3v) is 2.57. The molecule has 0 radical (unpaired) electrons. The van der Waals surface area contributed by atoms with Crippen molar-refractivity contribution in [3.8, 4) is 5.75 Å². The standard InChI is InChI=1S/C13H20N2O3/c1-5-10-8-7-9-11(12(10)18-6-2)14-13(16)15(3)17-4/h7-9H,5-6H2,1-4H3,(H,14,16). The van der Waals surface area contributed by atoms with Gasteiger partial charge in [0.15, 0.2) is 0 Å². The molecule has 2 amide bonds. The predicted octanol–water partition coefficient (Wildman–Crippen LogP) is 2.67. The molecule has 0 saturated heterocycles. The Kier molecular flexibility index (Phi) is 5.45. The molecule has 0 aliphatic rings. The van der Waals surface area contributed by atoms with Gasteiger partial charge in [-0.05, 0) is 25.0 Å². The van der Waals surface area contributed by atoms with E-state index in [0.717, 1.165) is 22.8 Å². The Bertz CT molecular complexity index is 407. The first-order chi connectivity index (χ1) is 8.63. The van der Waals surface area contributed by atoms with Crippen LogP contribution in [0.1, 0.15) is 19.4 Å². The Morgan fingerprint density at radius 3 is 2.67 bits per heavy atom. The van der Waals surface area contributed by atoms with E-state index in [4.69, 9.17) is 9.57 Å². The minimum Gasteiger partial charge on any atom is -0.491 e. The average Bonchev–Trinajstić information content (AvgIpc) is 2.39. The van der Waals surface area contributed by atoms with Crippen LogP contribution >= 0.6 is 0 Å². The maximum Gasteiger partial charge on any atom is 0.345 e. The van der Waals surface area contributed by atoms with Crippen molar-refractivity contribution in [2.45, 2.75) is 20.3 Å². The zero-order chi connectivity index (χ0) is 13.5. The number of anilines is 1. The first-order valence-corrected chi connectivity index (χ1v) is 5.97. The number of ether oxygens (including phenoxy) is 1. The molecule has 1 N–H and O–H groups in total. The highest BCUT2D eigenvalue weighted by atomic mass is 16.7. The lowest BCUT2D eigenvalue weighted by Crippen LogP contribution is -2.30. The van der Waals surface area contributed by atoms with Crippen molar-refractivity contribution in [2.24, 2.45) is 0 Å². The van der Waals surface area contributed by atoms with Gasteiger partial charge in [0, 0.05) is 7.05 Å². The van der Waals surface area contributed by atoms with Crippen LogP contribution in [0.15, 0.2) is 18.2 Å². The number of hydrogen-bond donors (Lipinski definition) is 1. The fourth-order valence-corrected chi connectivity index (χ4v) is 1.55. The number of hydrogen-bond acceptors (Lipinski definition) is 3. The SMILES string of the molecule is CCOc1c(CC)cccc1NC(=O)N(C)OC. The number of benzene rings is 1. The lowest BCUT2D eigenvalue weighted by molar-refractivity contribution is -0.0598. The molecule has 0 heterocycles. The van der Waals surface area contributed by atoms with Crippen LogP contribution in [-0.2, 0) is 11.3 Å². The van der Waals surface area contributed by atoms with Gasteiger partial charge in [-0.2, -0.15) is 0 Å². The van der Waals surface area contributed by atoms with Gasteiger partial charge in [0.25, 0.3) is 0 Å². The highest BCUT2D eigenvalue weighted by molar-refractivity contribution is 5.90. The van der Waals surface area contributed by atoms with Gasteiger partial charge < -0.3 is 10.1 Å². The van der Waals surface area contributed by atoms with E-state index in [1.165, 1.54) is 7.11 Å². The van der Waals surface area contributed by atoms with Crippen molar-refractivity contribution in [3.05, 3.63) is 23.8 Å². The number of hydroxylamine groups is 2. The van der Waals surface area contributed by atoms with Gasteiger partial charge in [0.05, 0.1) is 19.4 Å². The van der Waals surface area contributed by atoms with Gasteiger partial charge in [-0.3, -0.25) is 4.84 Å². The highest BCUT2D eigenvalue weighted by Crippen LogP contribution is 2.29. The molecule has 18 heavy (non-hydrogen) atoms. The number of aryl methyl sites for hydroxylation is 1. The van der Waals surface area contributed by atoms with E-state index in [0.29, 0.717) is 12.3 Å². The number of carbonyl (C=O) groups excluding carboxylic acids is 1. The van der Waals surface area contributed by atoms with Gasteiger partial charge in [-0.1, -0.05) is 19.1 Å². The fraction of sp³-hybridized carbons (Fsp3) is 0.462. The molecule has 1 aromatic carbocycles. The molecular formula is C13H20N2O3. The Balaban J connectivity index is 2.97. The molecule has 0 bridgehead atoms. The number of amides is 2. The normalized spacial score (nSPS) is 10.0. The summed E-state index contributed by atoms with van der Waals surface area (Å²) < 4.78 is 5.60. The zero-order valence-electron chi connectivity index (χ0n) is 11.3. The molecule has 1 rings (SSSR count). The van der Waals surface area contributed by atoms with Crippen LogP contribution in [0.5, 0.6) is 5.75 Å². The summed E-state index contributed by atoms with van der Waals surface area (Å²) in [5.74, 6) is 0.723. The molecule has 0 aliphatic heterocycles. The summed E-state index contributed by atoms with van der Waals surface area (Å²) >= 11 is 0. The van der Waals surface area contributed by atoms with E-state index < -0.39 is 0 Å². The molecule has 0 atom stereocenters. The summed E-state index contributed by atoms with van der Waals surface area (Å²) in [4.78, 5) is 16.6. The molecule has 0 fully saturated rings. The number of carbonyl (C=O) groups is 1. The van der Waals surface area contributed by atoms with Crippen molar-refractivity contribution in [1.29, 1.82) is 0 Å². The maximum atomic E-state index is 11.7. The zero-order valence-corrected chi connectivity index (χ0v) is 11.3. The maximum absolute atomic E-state index is 11.7. The smallest absolute Gasteiger partial charge is 0.345 e. The van der Waals surface area contributed by atoms with Crippen molar-refractivity contribution in [1.82, 2.24) is 5.06 Å². The number of para-hydroxylation sites is 1. The fourth-order valence-electron chi connectivity index (χ4n) is 1.55. The summed E-state index contributed by atoms with van der Waals surface area (Å²) in [5, 5.41) is 3.88. The van der Waals surface area contributed by atoms with Crippen LogP contribution in [0.4, 0.5) is 10.5 Å². The van der Waals surface area contributed by atoms with Crippen LogP contribution in [0.3, 0.4) is 0 Å². The largest absolute Gasteiger partial charge is 0.491 e. The first kappa shape index (κ1) is 14.3. The molecule has 0 unspecified atom stereocenters. The summed E-state index contributed by atoms with van der Waals surface area (Å²) in [7, 11) is 2.98. The lowest BCUT2D eigenvalue weighted by atomic mass is 10.1. The Hall–Kier alpha value is -1.75. The van der Waals surface area contributed by atoms with Crippen LogP contribution in [0.25, 0.3) is 0 Å². The highest BCUT2D eigenvalue weighted by Gasteiger charge is 2.13. The lowest BCUT2D eigenvalue weighted by Gasteiger charge is -2.18. The van der Waals surface area contributed by atoms with Gasteiger partial charge in [0.1, 0.15) is 5.75 Å². The van der Waals surface area contributed by atoms with Gasteiger partial charge >= 0.3 is 6.03 Å². The Morgan fingerprint density at radius 2 is 2.11 bits per heavy atom. The summed E-state index contributed by atoms with van der Waals surface area (Å²) in [6, 6.07) is 5.35. The van der Waals surface area contributed by atoms with Crippen LogP contribution in [0, 0.1) is 0 Å². The molecule has 0 aromatic heterocycles. The minimum absolute atomic E-state index is 0.341. The monoisotopic (exact) mass is 252 g/mol. The number of urea groups is 1. The van der Waals surface area contributed by atoms with Crippen molar-refractivity contribution < 1.29 is 14.4 Å². The van der Waals surface area contributed by atoms with Crippen LogP contribution < -0.4 is 10.1 Å². The van der Waals surface area contributed by atoms with Crippen molar-refractivity contribution in [3.63, 3.8) is 0 Å². The van der Waals surface area contributed by atoms with Gasteiger partial charge in [0.2, 0.25) is 0 Å². The molecule has 0 aliphatic carbocycles. The number of nitrogens with zero attached hydrogens (tertiary/aromatic N) is 1. The van der Waals surface area contributed by atoms with Gasteiger partial charge in [-0.25, -0.2) is 9.86 Å². The second-order valence-corrected chi connectivity index (χ2v) is 3.69. The molecule has 100 valence electrons. The second kappa shape index (κ2) is 6.86. The molecule has 5 heteroatoms. The van der Waals surface area contributed by atoms with Crippen LogP contribution in [-0.4, -0.2) is 31.9 Å². The number of rotatable bonds is 5. The number of nitrogens with one attached hydrogen (secondary N) is 1. The molecule has 0 spiro atoms. The molecular weight excluding hydrogens is 232 g/mol. The quantitative estimate of drug-likeness (QED) is 0.820. The Labute approximate surface area is 108 Å². The summed E-state index contributed by atoms with van der Waals surface area (Å²) in [6.45, 7) is 4.52. The predicted molar refractivity (Wildman–Crippen MR) is 70.8 cm³/mol. The second-order valence-electron chi connectivity index (χ2n) is 3.69. The molecule has 0 saturated carbocycles. The van der Waals surface area contributed by atoms with E-state index >= 15 is 0 Å². The topological polar surface area (TPSA) is 50.8 Å². The van der Waals surface area contributed by atoms with E-state index in [2.05, 4.69) is 5.32 Å². The van der Waals surface area contributed by atoms with Crippen LogP contribution in [0.2, 0.25) is 0 Å².